The number of amides is 1. The topological polar surface area (TPSA) is 116 Å². The van der Waals surface area contributed by atoms with Crippen LogP contribution in [0.3, 0.4) is 0 Å². The summed E-state index contributed by atoms with van der Waals surface area (Å²) in [5.41, 5.74) is 0.574. The molecule has 2 aromatic rings. The summed E-state index contributed by atoms with van der Waals surface area (Å²) < 4.78 is 0. The summed E-state index contributed by atoms with van der Waals surface area (Å²) in [6.45, 7) is 1.59. The minimum absolute atomic E-state index is 0.0205. The monoisotopic (exact) mass is 418 g/mol. The molecule has 2 aromatic carbocycles. The van der Waals surface area contributed by atoms with Crippen molar-refractivity contribution in [1.29, 1.82) is 0 Å². The van der Waals surface area contributed by atoms with Gasteiger partial charge >= 0.3 is 0 Å². The van der Waals surface area contributed by atoms with E-state index >= 15 is 0 Å². The van der Waals surface area contributed by atoms with Gasteiger partial charge in [0, 0.05) is 16.7 Å². The Morgan fingerprint density at radius 3 is 2.50 bits per heavy atom. The number of carbonyl (C=O) groups excluding carboxylic acids is 2. The van der Waals surface area contributed by atoms with Gasteiger partial charge in [0.05, 0.1) is 27.9 Å². The normalized spacial score (nSPS) is 15.1. The van der Waals surface area contributed by atoms with Crippen LogP contribution in [-0.4, -0.2) is 22.5 Å². The number of anilines is 1. The van der Waals surface area contributed by atoms with Gasteiger partial charge in [0.2, 0.25) is 0 Å². The molecule has 0 spiro atoms. The van der Waals surface area contributed by atoms with Crippen LogP contribution in [0, 0.1) is 10.1 Å². The predicted molar refractivity (Wildman–Crippen MR) is 102 cm³/mol. The third-order valence-electron chi connectivity index (χ3n) is 3.95. The molecule has 3 rings (SSSR count). The smallest absolute Gasteiger partial charge is 0.288 e. The van der Waals surface area contributed by atoms with Crippen molar-refractivity contribution >= 4 is 58.2 Å². The van der Waals surface area contributed by atoms with Gasteiger partial charge in [0.25, 0.3) is 11.6 Å². The molecule has 10 heteroatoms. The average Bonchev–Trinajstić information content (AvgIpc) is 2.91. The number of nitro benzene ring substituents is 1. The van der Waals surface area contributed by atoms with Gasteiger partial charge in [0.15, 0.2) is 0 Å². The van der Waals surface area contributed by atoms with E-state index in [1.54, 1.807) is 6.92 Å². The molecule has 0 saturated heterocycles. The van der Waals surface area contributed by atoms with Crippen LogP contribution in [0.4, 0.5) is 11.4 Å². The highest BCUT2D eigenvalue weighted by Gasteiger charge is 2.29. The average molecular weight is 419 g/mol. The molecule has 0 atom stereocenters. The Morgan fingerprint density at radius 1 is 1.18 bits per heavy atom. The molecule has 1 aliphatic heterocycles. The van der Waals surface area contributed by atoms with Crippen LogP contribution >= 0.6 is 23.2 Å². The summed E-state index contributed by atoms with van der Waals surface area (Å²) in [6, 6.07) is 8.09. The molecule has 0 bridgehead atoms. The highest BCUT2D eigenvalue weighted by atomic mass is 35.5. The summed E-state index contributed by atoms with van der Waals surface area (Å²) in [4.78, 5) is 34.3. The second-order valence-electron chi connectivity index (χ2n) is 5.78. The molecule has 0 N–H and O–H groups in total. The quantitative estimate of drug-likeness (QED) is 0.429. The van der Waals surface area contributed by atoms with E-state index in [4.69, 9.17) is 23.2 Å². The lowest BCUT2D eigenvalue weighted by Gasteiger charge is -2.14. The lowest BCUT2D eigenvalue weighted by Crippen LogP contribution is -2.25. The van der Waals surface area contributed by atoms with Gasteiger partial charge in [-0.05, 0) is 42.8 Å². The number of nitrogens with zero attached hydrogens (tertiary/aromatic N) is 3. The molecule has 0 fully saturated rings. The van der Waals surface area contributed by atoms with Crippen LogP contribution in [0.5, 0.6) is 0 Å². The number of carboxylic acids is 1. The van der Waals surface area contributed by atoms with Crippen molar-refractivity contribution in [2.45, 2.75) is 6.92 Å². The van der Waals surface area contributed by atoms with Gasteiger partial charge in [-0.15, -0.1) is 0 Å². The Hall–Kier alpha value is -3.23. The van der Waals surface area contributed by atoms with Crippen molar-refractivity contribution in [2.75, 3.05) is 5.01 Å². The number of carbonyl (C=O) groups is 2. The first-order valence-electron chi connectivity index (χ1n) is 7.75. The lowest BCUT2D eigenvalue weighted by molar-refractivity contribution is -0.384. The zero-order valence-electron chi connectivity index (χ0n) is 14.2. The number of halogens is 2. The van der Waals surface area contributed by atoms with Crippen LogP contribution < -0.4 is 10.1 Å². The second kappa shape index (κ2) is 7.41. The molecular formula is C18H10Cl2N3O5-. The largest absolute Gasteiger partial charge is 0.545 e. The molecule has 0 unspecified atom stereocenters. The van der Waals surface area contributed by atoms with Crippen LogP contribution in [0.2, 0.25) is 10.0 Å². The number of rotatable bonds is 4. The summed E-state index contributed by atoms with van der Waals surface area (Å²) in [5, 5.41) is 27.3. The van der Waals surface area contributed by atoms with E-state index in [9.17, 15) is 24.8 Å². The third kappa shape index (κ3) is 3.60. The molecule has 0 saturated carbocycles. The van der Waals surface area contributed by atoms with Crippen molar-refractivity contribution in [3.05, 3.63) is 73.3 Å². The first-order chi connectivity index (χ1) is 13.2. The Bertz CT molecular complexity index is 1090. The first kappa shape index (κ1) is 19.5. The maximum atomic E-state index is 12.8. The van der Waals surface area contributed by atoms with Gasteiger partial charge in [0.1, 0.15) is 5.02 Å². The van der Waals surface area contributed by atoms with Crippen LogP contribution in [0.1, 0.15) is 22.8 Å². The first-order valence-corrected chi connectivity index (χ1v) is 8.51. The highest BCUT2D eigenvalue weighted by Crippen LogP contribution is 2.30. The molecule has 8 nitrogen and oxygen atoms in total. The summed E-state index contributed by atoms with van der Waals surface area (Å²) in [5.74, 6) is -2.01. The molecule has 28 heavy (non-hydrogen) atoms. The predicted octanol–water partition coefficient (Wildman–Crippen LogP) is 3.07. The Kier molecular flexibility index (Phi) is 5.17. The van der Waals surface area contributed by atoms with Gasteiger partial charge in [-0.1, -0.05) is 29.3 Å². The zero-order valence-corrected chi connectivity index (χ0v) is 15.7. The zero-order chi connectivity index (χ0) is 20.6. The summed E-state index contributed by atoms with van der Waals surface area (Å²) in [6.07, 6.45) is 1.44. The number of hydrazone groups is 1. The maximum absolute atomic E-state index is 12.8. The fourth-order valence-corrected chi connectivity index (χ4v) is 2.97. The molecule has 142 valence electrons. The van der Waals surface area contributed by atoms with E-state index in [0.717, 1.165) is 5.01 Å². The minimum Gasteiger partial charge on any atom is -0.545 e. The van der Waals surface area contributed by atoms with E-state index in [1.165, 1.54) is 42.5 Å². The third-order valence-corrected chi connectivity index (χ3v) is 4.60. The highest BCUT2D eigenvalue weighted by molar-refractivity contribution is 6.34. The fraction of sp³-hybridized carbons (Fsp3) is 0.0556. The lowest BCUT2D eigenvalue weighted by atomic mass is 10.1. The van der Waals surface area contributed by atoms with Gasteiger partial charge in [-0.25, -0.2) is 0 Å². The maximum Gasteiger partial charge on any atom is 0.288 e. The van der Waals surface area contributed by atoms with E-state index in [-0.39, 0.29) is 32.6 Å². The van der Waals surface area contributed by atoms with Crippen molar-refractivity contribution in [2.24, 2.45) is 5.10 Å². The standard InChI is InChI=1S/C18H11Cl2N3O5/c1-9-12(6-10-2-4-15(20)16(7-10)23(27)28)17(24)22(21-9)11-3-5-14(19)13(8-11)18(25)26/h2-8H,1H3,(H,25,26)/p-1/b12-6-. The minimum atomic E-state index is -1.48. The molecule has 1 aliphatic rings. The van der Waals surface area contributed by atoms with Gasteiger partial charge in [-0.2, -0.15) is 10.1 Å². The molecule has 0 aromatic heterocycles. The Morgan fingerprint density at radius 2 is 1.86 bits per heavy atom. The Labute approximate surface area is 168 Å². The van der Waals surface area contributed by atoms with E-state index in [0.29, 0.717) is 11.3 Å². The number of carboxylic acid groups (broad SMARTS) is 1. The fourth-order valence-electron chi connectivity index (χ4n) is 2.59. The van der Waals surface area contributed by atoms with Crippen LogP contribution in [0.25, 0.3) is 6.08 Å². The molecule has 0 radical (unpaired) electrons. The second-order valence-corrected chi connectivity index (χ2v) is 6.59. The SMILES string of the molecule is CC1=NN(c2ccc(Cl)c(C(=O)[O-])c2)C(=O)/C1=C\c1ccc(Cl)c([N+](=O)[O-])c1. The number of hydrogen-bond donors (Lipinski definition) is 0. The Balaban J connectivity index is 1.99. The number of benzene rings is 2. The van der Waals surface area contributed by atoms with Crippen LogP contribution in [-0.2, 0) is 4.79 Å². The summed E-state index contributed by atoms with van der Waals surface area (Å²) in [7, 11) is 0. The molecule has 1 heterocycles. The van der Waals surface area contributed by atoms with E-state index in [2.05, 4.69) is 5.10 Å². The molecular weight excluding hydrogens is 409 g/mol. The summed E-state index contributed by atoms with van der Waals surface area (Å²) >= 11 is 11.6. The number of hydrogen-bond acceptors (Lipinski definition) is 6. The number of nitro groups is 1. The van der Waals surface area contributed by atoms with Crippen molar-refractivity contribution in [3.8, 4) is 0 Å². The van der Waals surface area contributed by atoms with Crippen molar-refractivity contribution in [1.82, 2.24) is 0 Å². The van der Waals surface area contributed by atoms with E-state index in [1.807, 2.05) is 0 Å². The van der Waals surface area contributed by atoms with Gasteiger partial charge in [-0.3, -0.25) is 14.9 Å². The van der Waals surface area contributed by atoms with Crippen molar-refractivity contribution in [3.63, 3.8) is 0 Å². The molecule has 1 amide bonds. The molecule has 0 aliphatic carbocycles. The number of aromatic carboxylic acids is 1. The van der Waals surface area contributed by atoms with Gasteiger partial charge < -0.3 is 9.90 Å². The van der Waals surface area contributed by atoms with E-state index < -0.39 is 16.8 Å². The van der Waals surface area contributed by atoms with Crippen LogP contribution in [0.15, 0.2) is 47.1 Å². The van der Waals surface area contributed by atoms with Crippen molar-refractivity contribution < 1.29 is 19.6 Å².